The van der Waals surface area contributed by atoms with Gasteiger partial charge >= 0.3 is 0 Å². The summed E-state index contributed by atoms with van der Waals surface area (Å²) in [5, 5.41) is 10.1. The van der Waals surface area contributed by atoms with E-state index >= 15 is 0 Å². The fourth-order valence-corrected chi connectivity index (χ4v) is 4.74. The molecule has 2 fully saturated rings. The molecule has 36 heavy (non-hydrogen) atoms. The zero-order valence-corrected chi connectivity index (χ0v) is 21.2. The number of hydrogen-bond donors (Lipinski definition) is 0. The number of benzene rings is 1. The van der Waals surface area contributed by atoms with E-state index in [2.05, 4.69) is 17.5 Å². The molecule has 1 aromatic heterocycles. The number of pyridine rings is 1. The molecule has 0 radical (unpaired) electrons. The van der Waals surface area contributed by atoms with Gasteiger partial charge in [0, 0.05) is 57.0 Å². The molecule has 0 N–H and O–H groups in total. The number of carbonyl (C=O) groups is 2. The molecular formula is C28H33N5O3. The SMILES string of the molecule is C=CC(=O)N(C)c1cccc(-c2cc(C#N)c(N3CCN(C(=O)CCOC)[C@H](C)C3)nc2C2CC2)c1. The zero-order valence-electron chi connectivity index (χ0n) is 21.2. The molecule has 8 nitrogen and oxygen atoms in total. The van der Waals surface area contributed by atoms with Gasteiger partial charge < -0.3 is 19.4 Å². The van der Waals surface area contributed by atoms with Gasteiger partial charge in [-0.05, 0) is 49.6 Å². The van der Waals surface area contributed by atoms with Crippen LogP contribution in [-0.2, 0) is 14.3 Å². The summed E-state index contributed by atoms with van der Waals surface area (Å²) in [6, 6.07) is 12.0. The van der Waals surface area contributed by atoms with E-state index < -0.39 is 0 Å². The lowest BCUT2D eigenvalue weighted by atomic mass is 9.98. The van der Waals surface area contributed by atoms with Crippen molar-refractivity contribution in [2.75, 3.05) is 50.2 Å². The Balaban J connectivity index is 1.65. The summed E-state index contributed by atoms with van der Waals surface area (Å²) in [5.41, 5.74) is 4.12. The molecule has 2 aromatic rings. The highest BCUT2D eigenvalue weighted by atomic mass is 16.5. The molecule has 2 aliphatic rings. The molecule has 2 heterocycles. The Morgan fingerprint density at radius 2 is 2.08 bits per heavy atom. The van der Waals surface area contributed by atoms with E-state index in [1.54, 1.807) is 19.1 Å². The second kappa shape index (κ2) is 10.9. The van der Waals surface area contributed by atoms with Crippen molar-refractivity contribution >= 4 is 23.3 Å². The average Bonchev–Trinajstić information content (AvgIpc) is 3.75. The number of ether oxygens (including phenoxy) is 1. The summed E-state index contributed by atoms with van der Waals surface area (Å²) in [6.45, 7) is 7.85. The number of amides is 2. The van der Waals surface area contributed by atoms with Crippen molar-refractivity contribution in [1.82, 2.24) is 9.88 Å². The lowest BCUT2D eigenvalue weighted by molar-refractivity contribution is -0.134. The van der Waals surface area contributed by atoms with Crippen molar-refractivity contribution in [2.45, 2.75) is 38.1 Å². The third-order valence-electron chi connectivity index (χ3n) is 6.93. The number of likely N-dealkylation sites (N-methyl/N-ethyl adjacent to an activating group) is 1. The number of nitrogens with zero attached hydrogens (tertiary/aromatic N) is 5. The molecule has 8 heteroatoms. The first kappa shape index (κ1) is 25.4. The van der Waals surface area contributed by atoms with E-state index in [4.69, 9.17) is 9.72 Å². The summed E-state index contributed by atoms with van der Waals surface area (Å²) in [7, 11) is 3.31. The van der Waals surface area contributed by atoms with Gasteiger partial charge in [-0.15, -0.1) is 0 Å². The van der Waals surface area contributed by atoms with Gasteiger partial charge in [-0.2, -0.15) is 5.26 Å². The quantitative estimate of drug-likeness (QED) is 0.527. The first-order valence-electron chi connectivity index (χ1n) is 12.4. The number of carbonyl (C=O) groups excluding carboxylic acids is 2. The molecule has 1 aliphatic heterocycles. The zero-order chi connectivity index (χ0) is 25.8. The minimum absolute atomic E-state index is 0.00937. The van der Waals surface area contributed by atoms with Gasteiger partial charge in [-0.3, -0.25) is 9.59 Å². The molecule has 1 aliphatic carbocycles. The molecule has 1 aromatic carbocycles. The minimum Gasteiger partial charge on any atom is -0.384 e. The predicted octanol–water partition coefficient (Wildman–Crippen LogP) is 3.72. The smallest absolute Gasteiger partial charge is 0.250 e. The predicted molar refractivity (Wildman–Crippen MR) is 140 cm³/mol. The second-order valence-corrected chi connectivity index (χ2v) is 9.46. The first-order valence-corrected chi connectivity index (χ1v) is 12.4. The van der Waals surface area contributed by atoms with Gasteiger partial charge in [-0.1, -0.05) is 18.7 Å². The van der Waals surface area contributed by atoms with Crippen LogP contribution in [-0.4, -0.2) is 68.1 Å². The van der Waals surface area contributed by atoms with E-state index in [0.717, 1.165) is 35.3 Å². The van der Waals surface area contributed by atoms with Crippen LogP contribution in [0.4, 0.5) is 11.5 Å². The van der Waals surface area contributed by atoms with E-state index in [-0.39, 0.29) is 17.9 Å². The Morgan fingerprint density at radius 1 is 1.31 bits per heavy atom. The molecule has 1 saturated carbocycles. The van der Waals surface area contributed by atoms with E-state index in [1.165, 1.54) is 6.08 Å². The van der Waals surface area contributed by atoms with Crippen molar-refractivity contribution in [3.63, 3.8) is 0 Å². The van der Waals surface area contributed by atoms with Crippen LogP contribution in [0.25, 0.3) is 11.1 Å². The molecule has 0 spiro atoms. The van der Waals surface area contributed by atoms with Crippen LogP contribution in [0.2, 0.25) is 0 Å². The van der Waals surface area contributed by atoms with Crippen molar-refractivity contribution in [1.29, 1.82) is 5.26 Å². The normalized spacial score (nSPS) is 17.4. The van der Waals surface area contributed by atoms with Crippen molar-refractivity contribution in [2.24, 2.45) is 0 Å². The van der Waals surface area contributed by atoms with Crippen LogP contribution >= 0.6 is 0 Å². The van der Waals surface area contributed by atoms with Gasteiger partial charge in [0.2, 0.25) is 11.8 Å². The maximum atomic E-state index is 12.6. The molecule has 0 unspecified atom stereocenters. The number of piperazine rings is 1. The van der Waals surface area contributed by atoms with Crippen molar-refractivity contribution in [3.05, 3.63) is 54.2 Å². The Kier molecular flexibility index (Phi) is 7.70. The van der Waals surface area contributed by atoms with Gasteiger partial charge in [0.1, 0.15) is 11.9 Å². The van der Waals surface area contributed by atoms with Crippen LogP contribution in [0.3, 0.4) is 0 Å². The molecule has 1 atom stereocenters. The Labute approximate surface area is 212 Å². The van der Waals surface area contributed by atoms with Crippen LogP contribution in [0.15, 0.2) is 43.0 Å². The van der Waals surface area contributed by atoms with Gasteiger partial charge in [-0.25, -0.2) is 4.98 Å². The number of methoxy groups -OCH3 is 1. The van der Waals surface area contributed by atoms with E-state index in [0.29, 0.717) is 50.0 Å². The fourth-order valence-electron chi connectivity index (χ4n) is 4.74. The summed E-state index contributed by atoms with van der Waals surface area (Å²) in [4.78, 5) is 35.3. The maximum absolute atomic E-state index is 12.6. The number of nitriles is 1. The van der Waals surface area contributed by atoms with Crippen LogP contribution in [0.5, 0.6) is 0 Å². The standard InChI is InChI=1S/C28H33N5O3/c1-5-25(34)31(3)23-8-6-7-21(15-23)24-16-22(17-29)28(30-27(24)20-9-10-20)32-12-13-33(19(2)18-32)26(35)11-14-36-4/h5-8,15-16,19-20H,1,9-14,18H2,2-4H3/t19-/m1/s1. The summed E-state index contributed by atoms with van der Waals surface area (Å²) < 4.78 is 5.06. The van der Waals surface area contributed by atoms with E-state index in [1.807, 2.05) is 42.2 Å². The van der Waals surface area contributed by atoms with Crippen LogP contribution < -0.4 is 9.80 Å². The first-order chi connectivity index (χ1) is 17.4. The largest absolute Gasteiger partial charge is 0.384 e. The number of rotatable bonds is 8. The average molecular weight is 488 g/mol. The third-order valence-corrected chi connectivity index (χ3v) is 6.93. The summed E-state index contributed by atoms with van der Waals surface area (Å²) in [6.07, 6.45) is 3.80. The van der Waals surface area contributed by atoms with Crippen LogP contribution in [0, 0.1) is 11.3 Å². The second-order valence-electron chi connectivity index (χ2n) is 9.46. The molecule has 4 rings (SSSR count). The molecular weight excluding hydrogens is 454 g/mol. The third kappa shape index (κ3) is 5.26. The lowest BCUT2D eigenvalue weighted by Crippen LogP contribution is -2.54. The monoisotopic (exact) mass is 487 g/mol. The highest BCUT2D eigenvalue weighted by molar-refractivity contribution is 6.01. The summed E-state index contributed by atoms with van der Waals surface area (Å²) in [5.74, 6) is 0.951. The molecule has 1 saturated heterocycles. The molecule has 0 bridgehead atoms. The van der Waals surface area contributed by atoms with Gasteiger partial charge in [0.25, 0.3) is 0 Å². The number of hydrogen-bond acceptors (Lipinski definition) is 6. The minimum atomic E-state index is -0.185. The number of anilines is 2. The Bertz CT molecular complexity index is 1200. The van der Waals surface area contributed by atoms with Crippen LogP contribution in [0.1, 0.15) is 43.4 Å². The highest BCUT2D eigenvalue weighted by Gasteiger charge is 2.33. The molecule has 2 amide bonds. The van der Waals surface area contributed by atoms with Gasteiger partial charge in [0.05, 0.1) is 24.3 Å². The lowest BCUT2D eigenvalue weighted by Gasteiger charge is -2.41. The fraction of sp³-hybridized carbons (Fsp3) is 0.429. The van der Waals surface area contributed by atoms with Gasteiger partial charge in [0.15, 0.2) is 0 Å². The highest BCUT2D eigenvalue weighted by Crippen LogP contribution is 2.45. The summed E-state index contributed by atoms with van der Waals surface area (Å²) >= 11 is 0. The molecule has 188 valence electrons. The van der Waals surface area contributed by atoms with Crippen molar-refractivity contribution < 1.29 is 14.3 Å². The van der Waals surface area contributed by atoms with E-state index in [9.17, 15) is 14.9 Å². The maximum Gasteiger partial charge on any atom is 0.250 e. The number of aromatic nitrogens is 1. The Morgan fingerprint density at radius 3 is 2.72 bits per heavy atom. The van der Waals surface area contributed by atoms with Crippen molar-refractivity contribution in [3.8, 4) is 17.2 Å². The topological polar surface area (TPSA) is 89.8 Å². The Hall–Kier alpha value is -3.70.